The Morgan fingerprint density at radius 3 is 2.67 bits per heavy atom. The summed E-state index contributed by atoms with van der Waals surface area (Å²) in [6.45, 7) is 4.04. The van der Waals surface area contributed by atoms with Crippen molar-refractivity contribution in [3.05, 3.63) is 59.4 Å². The summed E-state index contributed by atoms with van der Waals surface area (Å²) in [6, 6.07) is 9.44. The first-order valence-electron chi connectivity index (χ1n) is 10.7. The summed E-state index contributed by atoms with van der Waals surface area (Å²) in [5.74, 6) is -0.675. The number of rotatable bonds is 4. The summed E-state index contributed by atoms with van der Waals surface area (Å²) in [6.07, 6.45) is 3.27. The lowest BCUT2D eigenvalue weighted by Gasteiger charge is -2.27. The van der Waals surface area contributed by atoms with Crippen LogP contribution in [-0.2, 0) is 11.8 Å². The number of morpholine rings is 1. The Labute approximate surface area is 190 Å². The van der Waals surface area contributed by atoms with Crippen LogP contribution in [0.3, 0.4) is 0 Å². The second kappa shape index (κ2) is 8.18. The van der Waals surface area contributed by atoms with Crippen molar-refractivity contribution in [1.82, 2.24) is 19.7 Å². The Bertz CT molecular complexity index is 1400. The van der Waals surface area contributed by atoms with Gasteiger partial charge in [-0.1, -0.05) is 0 Å². The van der Waals surface area contributed by atoms with Crippen LogP contribution in [0.5, 0.6) is 0 Å². The zero-order valence-corrected chi connectivity index (χ0v) is 18.5. The fourth-order valence-corrected chi connectivity index (χ4v) is 4.24. The molecule has 2 aromatic carbocycles. The Hall–Kier alpha value is -3.98. The molecule has 0 atom stereocenters. The number of nitrogens with one attached hydrogen (secondary N) is 1. The van der Waals surface area contributed by atoms with E-state index in [0.29, 0.717) is 48.5 Å². The van der Waals surface area contributed by atoms with Crippen molar-refractivity contribution in [2.24, 2.45) is 12.8 Å². The third-order valence-corrected chi connectivity index (χ3v) is 5.99. The molecule has 0 saturated carbocycles. The number of nitrogens with two attached hydrogens (primary N) is 1. The fourth-order valence-electron chi connectivity index (χ4n) is 4.24. The summed E-state index contributed by atoms with van der Waals surface area (Å²) < 4.78 is 7.15. The maximum Gasteiger partial charge on any atom is 0.254 e. The van der Waals surface area contributed by atoms with E-state index in [-0.39, 0.29) is 11.5 Å². The lowest BCUT2D eigenvalue weighted by atomic mass is 10.0. The molecule has 1 fully saturated rings. The molecule has 2 aromatic heterocycles. The third-order valence-electron chi connectivity index (χ3n) is 5.99. The maximum atomic E-state index is 13.2. The number of fused-ring (bicyclic) bond motifs is 2. The highest BCUT2D eigenvalue weighted by molar-refractivity contribution is 6.10. The average Bonchev–Trinajstić information content (AvgIpc) is 3.19. The van der Waals surface area contributed by atoms with Crippen LogP contribution in [0.15, 0.2) is 42.7 Å². The zero-order valence-electron chi connectivity index (χ0n) is 18.5. The van der Waals surface area contributed by atoms with Crippen LogP contribution in [0.1, 0.15) is 26.3 Å². The molecule has 0 bridgehead atoms. The van der Waals surface area contributed by atoms with E-state index in [1.165, 1.54) is 6.20 Å². The van der Waals surface area contributed by atoms with E-state index in [4.69, 9.17) is 10.5 Å². The SMILES string of the molecule is Cc1cc(C(=O)N2CCOCC2)cc2c(Nc3ccc4cnn(C)c4c3)c(C(N)=O)cnc12. The predicted octanol–water partition coefficient (Wildman–Crippen LogP) is 2.74. The Balaban J connectivity index is 1.65. The van der Waals surface area contributed by atoms with E-state index in [9.17, 15) is 9.59 Å². The number of ether oxygens (including phenoxy) is 1. The van der Waals surface area contributed by atoms with E-state index >= 15 is 0 Å². The predicted molar refractivity (Wildman–Crippen MR) is 126 cm³/mol. The van der Waals surface area contributed by atoms with Gasteiger partial charge in [-0.2, -0.15) is 5.10 Å². The first-order valence-corrected chi connectivity index (χ1v) is 10.7. The van der Waals surface area contributed by atoms with Gasteiger partial charge in [0.05, 0.1) is 41.7 Å². The average molecular weight is 444 g/mol. The van der Waals surface area contributed by atoms with Gasteiger partial charge in [0.1, 0.15) is 0 Å². The first-order chi connectivity index (χ1) is 15.9. The highest BCUT2D eigenvalue weighted by Gasteiger charge is 2.22. The molecule has 4 aromatic rings. The van der Waals surface area contributed by atoms with Crippen LogP contribution in [0.2, 0.25) is 0 Å². The highest BCUT2D eigenvalue weighted by atomic mass is 16.5. The van der Waals surface area contributed by atoms with Crippen molar-refractivity contribution in [2.45, 2.75) is 6.92 Å². The molecule has 9 nitrogen and oxygen atoms in total. The maximum absolute atomic E-state index is 13.2. The molecule has 9 heteroatoms. The molecule has 3 N–H and O–H groups in total. The van der Waals surface area contributed by atoms with E-state index in [0.717, 1.165) is 22.2 Å². The molecule has 1 aliphatic rings. The Morgan fingerprint density at radius 1 is 1.12 bits per heavy atom. The standard InChI is InChI=1S/C24H24N6O3/c1-14-9-16(24(32)30-5-7-33-8-6-30)10-18-21(14)26-13-19(23(25)31)22(18)28-17-4-3-15-12-27-29(2)20(15)11-17/h3-4,9-13H,5-8H2,1-2H3,(H2,25,31)(H,26,28). The van der Waals surface area contributed by atoms with Gasteiger partial charge in [-0.25, -0.2) is 0 Å². The summed E-state index contributed by atoms with van der Waals surface area (Å²) in [7, 11) is 1.87. The quantitative estimate of drug-likeness (QED) is 0.500. The number of benzene rings is 2. The van der Waals surface area contributed by atoms with Crippen molar-refractivity contribution >= 4 is 45.0 Å². The molecule has 1 aliphatic heterocycles. The van der Waals surface area contributed by atoms with Crippen LogP contribution in [0.4, 0.5) is 11.4 Å². The Kier molecular flexibility index (Phi) is 5.18. The zero-order chi connectivity index (χ0) is 23.1. The van der Waals surface area contributed by atoms with Crippen LogP contribution >= 0.6 is 0 Å². The van der Waals surface area contributed by atoms with Gasteiger partial charge in [-0.05, 0) is 42.8 Å². The number of primary amides is 1. The number of aryl methyl sites for hydroxylation is 2. The molecule has 1 saturated heterocycles. The van der Waals surface area contributed by atoms with Crippen molar-refractivity contribution in [2.75, 3.05) is 31.6 Å². The number of hydrogen-bond donors (Lipinski definition) is 2. The number of carbonyl (C=O) groups is 2. The number of pyridine rings is 1. The van der Waals surface area contributed by atoms with E-state index in [1.54, 1.807) is 21.8 Å². The minimum atomic E-state index is -0.601. The third kappa shape index (κ3) is 3.76. The van der Waals surface area contributed by atoms with Gasteiger partial charge in [0.2, 0.25) is 0 Å². The van der Waals surface area contributed by atoms with Gasteiger partial charge in [0, 0.05) is 48.4 Å². The molecular formula is C24H24N6O3. The summed E-state index contributed by atoms with van der Waals surface area (Å²) >= 11 is 0. The van der Waals surface area contributed by atoms with Crippen LogP contribution in [0.25, 0.3) is 21.8 Å². The lowest BCUT2D eigenvalue weighted by Crippen LogP contribution is -2.40. The van der Waals surface area contributed by atoms with E-state index in [2.05, 4.69) is 15.4 Å². The van der Waals surface area contributed by atoms with Crippen molar-refractivity contribution < 1.29 is 14.3 Å². The number of carbonyl (C=O) groups excluding carboxylic acids is 2. The normalized spacial score (nSPS) is 14.1. The minimum Gasteiger partial charge on any atom is -0.378 e. The van der Waals surface area contributed by atoms with Crippen LogP contribution < -0.4 is 11.1 Å². The molecule has 3 heterocycles. The lowest BCUT2D eigenvalue weighted by molar-refractivity contribution is 0.0303. The molecular weight excluding hydrogens is 420 g/mol. The summed E-state index contributed by atoms with van der Waals surface area (Å²) in [5, 5.41) is 9.30. The van der Waals surface area contributed by atoms with Gasteiger partial charge in [0.15, 0.2) is 0 Å². The van der Waals surface area contributed by atoms with Crippen LogP contribution in [0, 0.1) is 6.92 Å². The minimum absolute atomic E-state index is 0.0740. The fraction of sp³-hybridized carbons (Fsp3) is 0.250. The molecule has 0 aliphatic carbocycles. The monoisotopic (exact) mass is 444 g/mol. The van der Waals surface area contributed by atoms with Crippen molar-refractivity contribution in [3.63, 3.8) is 0 Å². The number of aromatic nitrogens is 3. The molecule has 168 valence electrons. The second-order valence-electron chi connectivity index (χ2n) is 8.17. The van der Waals surface area contributed by atoms with Gasteiger partial charge < -0.3 is 20.7 Å². The number of amides is 2. The summed E-state index contributed by atoms with van der Waals surface area (Å²) in [5.41, 5.74) is 10.2. The first kappa shape index (κ1) is 20.9. The highest BCUT2D eigenvalue weighted by Crippen LogP contribution is 2.33. The van der Waals surface area contributed by atoms with E-state index < -0.39 is 5.91 Å². The molecule has 5 rings (SSSR count). The molecule has 0 radical (unpaired) electrons. The van der Waals surface area contributed by atoms with Crippen molar-refractivity contribution in [3.8, 4) is 0 Å². The molecule has 0 spiro atoms. The Morgan fingerprint density at radius 2 is 1.91 bits per heavy atom. The topological polar surface area (TPSA) is 115 Å². The van der Waals surface area contributed by atoms with Gasteiger partial charge in [-0.15, -0.1) is 0 Å². The number of hydrogen-bond acceptors (Lipinski definition) is 6. The largest absolute Gasteiger partial charge is 0.378 e. The smallest absolute Gasteiger partial charge is 0.254 e. The second-order valence-corrected chi connectivity index (χ2v) is 8.17. The van der Waals surface area contributed by atoms with Gasteiger partial charge in [-0.3, -0.25) is 19.3 Å². The summed E-state index contributed by atoms with van der Waals surface area (Å²) in [4.78, 5) is 31.7. The van der Waals surface area contributed by atoms with Crippen molar-refractivity contribution in [1.29, 1.82) is 0 Å². The number of anilines is 2. The van der Waals surface area contributed by atoms with Gasteiger partial charge in [0.25, 0.3) is 11.8 Å². The molecule has 2 amide bonds. The van der Waals surface area contributed by atoms with Gasteiger partial charge >= 0.3 is 0 Å². The molecule has 33 heavy (non-hydrogen) atoms. The molecule has 0 unspecified atom stereocenters. The van der Waals surface area contributed by atoms with Crippen LogP contribution in [-0.4, -0.2) is 57.8 Å². The number of nitrogens with zero attached hydrogens (tertiary/aromatic N) is 4. The van der Waals surface area contributed by atoms with E-state index in [1.807, 2.05) is 38.2 Å².